The molecule has 0 radical (unpaired) electrons. The van der Waals surface area contributed by atoms with Crippen molar-refractivity contribution in [1.82, 2.24) is 10.2 Å². The second kappa shape index (κ2) is 11.6. The summed E-state index contributed by atoms with van der Waals surface area (Å²) in [5.74, 6) is 0.583. The van der Waals surface area contributed by atoms with Gasteiger partial charge < -0.3 is 15.1 Å². The monoisotopic (exact) mass is 450 g/mol. The summed E-state index contributed by atoms with van der Waals surface area (Å²) in [5, 5.41) is 12.0. The van der Waals surface area contributed by atoms with Gasteiger partial charge in [0.25, 0.3) is 5.91 Å². The molecule has 1 fully saturated rings. The Kier molecular flexibility index (Phi) is 8.57. The molecule has 1 aliphatic heterocycles. The molecule has 2 amide bonds. The van der Waals surface area contributed by atoms with Gasteiger partial charge in [0.15, 0.2) is 0 Å². The van der Waals surface area contributed by atoms with E-state index >= 15 is 0 Å². The van der Waals surface area contributed by atoms with Crippen molar-refractivity contribution in [1.29, 1.82) is 5.26 Å². The Morgan fingerprint density at radius 1 is 1.12 bits per heavy atom. The normalized spacial score (nSPS) is 14.9. The fraction of sp³-hybridized carbons (Fsp3) is 0.400. The smallest absolute Gasteiger partial charge is 0.251 e. The van der Waals surface area contributed by atoms with Crippen molar-refractivity contribution in [3.8, 4) is 6.07 Å². The highest BCUT2D eigenvalue weighted by Crippen LogP contribution is 2.18. The van der Waals surface area contributed by atoms with E-state index in [4.69, 9.17) is 5.26 Å². The van der Waals surface area contributed by atoms with Crippen LogP contribution in [-0.4, -0.2) is 60.9 Å². The van der Waals surface area contributed by atoms with E-state index in [0.29, 0.717) is 30.6 Å². The number of amides is 2. The van der Waals surface area contributed by atoms with Gasteiger partial charge in [-0.2, -0.15) is 17.0 Å². The minimum absolute atomic E-state index is 0.0123. The fourth-order valence-electron chi connectivity index (χ4n) is 3.88. The topological polar surface area (TPSA) is 76.4 Å². The molecule has 3 rings (SSSR count). The molecule has 1 unspecified atom stereocenters. The molecule has 32 heavy (non-hydrogen) atoms. The van der Waals surface area contributed by atoms with Gasteiger partial charge in [0, 0.05) is 37.4 Å². The van der Waals surface area contributed by atoms with Crippen LogP contribution in [0.2, 0.25) is 0 Å². The number of carbonyl (C=O) groups excluding carboxylic acids is 2. The molecule has 6 nitrogen and oxygen atoms in total. The van der Waals surface area contributed by atoms with Crippen LogP contribution in [0.3, 0.4) is 0 Å². The second-order valence-corrected chi connectivity index (χ2v) is 8.99. The Labute approximate surface area is 194 Å². The molecule has 0 bridgehead atoms. The third kappa shape index (κ3) is 6.27. The van der Waals surface area contributed by atoms with E-state index in [1.54, 1.807) is 17.8 Å². The third-order valence-corrected chi connectivity index (χ3v) is 6.31. The highest BCUT2D eigenvalue weighted by atomic mass is 32.2. The van der Waals surface area contributed by atoms with Crippen LogP contribution in [0.5, 0.6) is 0 Å². The minimum atomic E-state index is -0.531. The second-order valence-electron chi connectivity index (χ2n) is 8.00. The predicted molar refractivity (Wildman–Crippen MR) is 130 cm³/mol. The van der Waals surface area contributed by atoms with Crippen LogP contribution < -0.4 is 10.2 Å². The molecule has 168 valence electrons. The number of nitriles is 1. The Hall–Kier alpha value is -2.98. The van der Waals surface area contributed by atoms with Crippen molar-refractivity contribution < 1.29 is 9.59 Å². The van der Waals surface area contributed by atoms with E-state index in [0.717, 1.165) is 36.5 Å². The maximum absolute atomic E-state index is 13.4. The Morgan fingerprint density at radius 3 is 2.59 bits per heavy atom. The summed E-state index contributed by atoms with van der Waals surface area (Å²) in [6, 6.07) is 16.6. The van der Waals surface area contributed by atoms with E-state index in [1.807, 2.05) is 60.5 Å². The average Bonchev–Trinajstić information content (AvgIpc) is 3.07. The summed E-state index contributed by atoms with van der Waals surface area (Å²) in [4.78, 5) is 30.3. The van der Waals surface area contributed by atoms with Crippen LogP contribution in [0, 0.1) is 18.3 Å². The van der Waals surface area contributed by atoms with Gasteiger partial charge in [-0.15, -0.1) is 0 Å². The molecule has 1 N–H and O–H groups in total. The lowest BCUT2D eigenvalue weighted by Gasteiger charge is -2.27. The number of thioether (sulfide) groups is 1. The first kappa shape index (κ1) is 23.7. The van der Waals surface area contributed by atoms with E-state index < -0.39 is 6.04 Å². The molecule has 0 saturated carbocycles. The number of nitrogens with zero attached hydrogens (tertiary/aromatic N) is 3. The van der Waals surface area contributed by atoms with Crippen molar-refractivity contribution >= 4 is 29.3 Å². The van der Waals surface area contributed by atoms with Crippen LogP contribution >= 0.6 is 11.8 Å². The van der Waals surface area contributed by atoms with Gasteiger partial charge in [0.1, 0.15) is 6.04 Å². The number of aryl methyl sites for hydroxylation is 1. The lowest BCUT2D eigenvalue weighted by molar-refractivity contribution is -0.133. The van der Waals surface area contributed by atoms with Crippen LogP contribution in [0.1, 0.15) is 34.3 Å². The van der Waals surface area contributed by atoms with E-state index in [1.165, 1.54) is 0 Å². The van der Waals surface area contributed by atoms with Crippen molar-refractivity contribution in [3.05, 3.63) is 65.2 Å². The number of nitrogens with one attached hydrogen (secondary N) is 1. The number of benzene rings is 2. The van der Waals surface area contributed by atoms with Crippen LogP contribution in [0.15, 0.2) is 48.5 Å². The van der Waals surface area contributed by atoms with Crippen LogP contribution in [0.25, 0.3) is 0 Å². The van der Waals surface area contributed by atoms with Crippen molar-refractivity contribution in [2.75, 3.05) is 43.1 Å². The largest absolute Gasteiger partial charge is 0.370 e. The molecule has 0 aliphatic carbocycles. The van der Waals surface area contributed by atoms with Gasteiger partial charge >= 0.3 is 0 Å². The molecule has 2 aromatic rings. The SMILES string of the molecule is CSCCC(NC(=O)c1cccc(C)c1)C(=O)N1CCCN(c2ccc(C#N)cc2)CC1. The molecule has 7 heteroatoms. The number of anilines is 1. The minimum Gasteiger partial charge on any atom is -0.370 e. The number of carbonyl (C=O) groups is 2. The third-order valence-electron chi connectivity index (χ3n) is 5.66. The number of hydrogen-bond acceptors (Lipinski definition) is 5. The van der Waals surface area contributed by atoms with Crippen molar-refractivity contribution in [3.63, 3.8) is 0 Å². The van der Waals surface area contributed by atoms with Crippen LogP contribution in [0.4, 0.5) is 5.69 Å². The van der Waals surface area contributed by atoms with E-state index in [2.05, 4.69) is 16.3 Å². The molecular formula is C25H30N4O2S. The first-order valence-corrected chi connectivity index (χ1v) is 12.3. The standard InChI is InChI=1S/C25H30N4O2S/c1-19-5-3-6-21(17-19)24(30)27-23(11-16-32-2)25(31)29-13-4-12-28(14-15-29)22-9-7-20(18-26)8-10-22/h3,5-10,17,23H,4,11-16H2,1-2H3,(H,27,30). The Balaban J connectivity index is 1.66. The Morgan fingerprint density at radius 2 is 1.91 bits per heavy atom. The van der Waals surface area contributed by atoms with Gasteiger partial charge in [0.2, 0.25) is 5.91 Å². The first-order chi connectivity index (χ1) is 15.5. The quantitative estimate of drug-likeness (QED) is 0.699. The molecule has 1 atom stereocenters. The predicted octanol–water partition coefficient (Wildman–Crippen LogP) is 3.46. The molecular weight excluding hydrogens is 420 g/mol. The highest BCUT2D eigenvalue weighted by Gasteiger charge is 2.27. The summed E-state index contributed by atoms with van der Waals surface area (Å²) >= 11 is 1.67. The number of hydrogen-bond donors (Lipinski definition) is 1. The van der Waals surface area contributed by atoms with E-state index in [-0.39, 0.29) is 11.8 Å². The van der Waals surface area contributed by atoms with Gasteiger partial charge in [-0.1, -0.05) is 17.7 Å². The van der Waals surface area contributed by atoms with Crippen LogP contribution in [-0.2, 0) is 4.79 Å². The van der Waals surface area contributed by atoms with Gasteiger partial charge in [0.05, 0.1) is 11.6 Å². The lowest BCUT2D eigenvalue weighted by Crippen LogP contribution is -2.49. The molecule has 1 saturated heterocycles. The lowest BCUT2D eigenvalue weighted by atomic mass is 10.1. The Bertz CT molecular complexity index is 971. The zero-order valence-corrected chi connectivity index (χ0v) is 19.5. The summed E-state index contributed by atoms with van der Waals surface area (Å²) < 4.78 is 0. The number of rotatable bonds is 7. The van der Waals surface area contributed by atoms with Gasteiger partial charge in [-0.25, -0.2) is 0 Å². The molecule has 1 aliphatic rings. The molecule has 0 aromatic heterocycles. The summed E-state index contributed by atoms with van der Waals surface area (Å²) in [7, 11) is 0. The van der Waals surface area contributed by atoms with Crippen molar-refractivity contribution in [2.24, 2.45) is 0 Å². The summed E-state index contributed by atoms with van der Waals surface area (Å²) in [6.07, 6.45) is 3.46. The molecule has 2 aromatic carbocycles. The average molecular weight is 451 g/mol. The van der Waals surface area contributed by atoms with Gasteiger partial charge in [-0.3, -0.25) is 9.59 Å². The summed E-state index contributed by atoms with van der Waals surface area (Å²) in [6.45, 7) is 4.79. The zero-order chi connectivity index (χ0) is 22.9. The van der Waals surface area contributed by atoms with Crippen molar-refractivity contribution in [2.45, 2.75) is 25.8 Å². The molecule has 1 heterocycles. The highest BCUT2D eigenvalue weighted by molar-refractivity contribution is 7.98. The fourth-order valence-corrected chi connectivity index (χ4v) is 4.36. The molecule has 0 spiro atoms. The van der Waals surface area contributed by atoms with Gasteiger partial charge in [-0.05, 0) is 68.2 Å². The summed E-state index contributed by atoms with van der Waals surface area (Å²) in [5.41, 5.74) is 3.29. The maximum Gasteiger partial charge on any atom is 0.251 e. The first-order valence-electron chi connectivity index (χ1n) is 10.9. The maximum atomic E-state index is 13.4. The zero-order valence-electron chi connectivity index (χ0n) is 18.7. The van der Waals surface area contributed by atoms with E-state index in [9.17, 15) is 9.59 Å².